The van der Waals surface area contributed by atoms with Gasteiger partial charge in [0.25, 0.3) is 0 Å². The number of fused-ring (bicyclic) bond motifs is 1. The number of alkyl carbamates (subject to hydrolysis) is 1. The first-order chi connectivity index (χ1) is 15.7. The number of hydrogen-bond acceptors (Lipinski definition) is 5. The summed E-state index contributed by atoms with van der Waals surface area (Å²) in [6.45, 7) is 11.2. The molecule has 1 amide bonds. The van der Waals surface area contributed by atoms with Gasteiger partial charge in [-0.15, -0.1) is 0 Å². The summed E-state index contributed by atoms with van der Waals surface area (Å²) in [4.78, 5) is 25.1. The van der Waals surface area contributed by atoms with Crippen molar-refractivity contribution in [1.29, 1.82) is 0 Å². The first-order valence-corrected chi connectivity index (χ1v) is 11.5. The van der Waals surface area contributed by atoms with Crippen molar-refractivity contribution in [2.75, 3.05) is 13.1 Å². The Morgan fingerprint density at radius 1 is 1.15 bits per heavy atom. The molecule has 0 unspecified atom stereocenters. The lowest BCUT2D eigenvalue weighted by molar-refractivity contribution is 0.0527. The Morgan fingerprint density at radius 3 is 2.55 bits per heavy atom. The van der Waals surface area contributed by atoms with Crippen LogP contribution < -0.4 is 16.3 Å². The molecule has 0 radical (unpaired) electrons. The zero-order chi connectivity index (χ0) is 24.0. The lowest BCUT2D eigenvalue weighted by Gasteiger charge is -2.23. The SMILES string of the molecule is CC[C@@H](NCCCNC(=O)OC(C)(C)C)c1cc2cc(C)nn2c(=O)n1Cc1ccccc1. The molecule has 0 aliphatic rings. The maximum Gasteiger partial charge on any atom is 0.407 e. The van der Waals surface area contributed by atoms with E-state index in [1.165, 1.54) is 4.52 Å². The third kappa shape index (κ3) is 6.68. The molecule has 0 aliphatic carbocycles. The first-order valence-electron chi connectivity index (χ1n) is 11.5. The quantitative estimate of drug-likeness (QED) is 0.481. The number of amides is 1. The van der Waals surface area contributed by atoms with Crippen molar-refractivity contribution in [3.05, 3.63) is 69.9 Å². The lowest BCUT2D eigenvalue weighted by Crippen LogP contribution is -2.36. The molecule has 2 aromatic heterocycles. The van der Waals surface area contributed by atoms with Crippen molar-refractivity contribution in [2.45, 2.75) is 65.6 Å². The van der Waals surface area contributed by atoms with Gasteiger partial charge in [-0.25, -0.2) is 9.59 Å². The second kappa shape index (κ2) is 10.7. The maximum atomic E-state index is 13.3. The van der Waals surface area contributed by atoms with Gasteiger partial charge in [-0.1, -0.05) is 37.3 Å². The standard InChI is InChI=1S/C25H35N5O3/c1-6-21(26-13-10-14-27-23(31)33-25(3,4)5)22-16-20-15-18(2)28-30(20)24(32)29(22)17-19-11-8-7-9-12-19/h7-9,11-12,15-16,21,26H,6,10,13-14,17H2,1-5H3,(H,27,31)/t21-/m1/s1. The number of aromatic nitrogens is 3. The molecule has 3 rings (SSSR count). The Morgan fingerprint density at radius 2 is 1.88 bits per heavy atom. The van der Waals surface area contributed by atoms with Crippen molar-refractivity contribution in [1.82, 2.24) is 24.8 Å². The molecule has 8 nitrogen and oxygen atoms in total. The van der Waals surface area contributed by atoms with Gasteiger partial charge in [0.15, 0.2) is 0 Å². The fourth-order valence-electron chi connectivity index (χ4n) is 3.77. The first kappa shape index (κ1) is 24.5. The summed E-state index contributed by atoms with van der Waals surface area (Å²) in [6, 6.07) is 13.9. The van der Waals surface area contributed by atoms with E-state index in [0.717, 1.165) is 35.3 Å². The van der Waals surface area contributed by atoms with Crippen molar-refractivity contribution in [2.24, 2.45) is 0 Å². The van der Waals surface area contributed by atoms with Crippen LogP contribution in [0.2, 0.25) is 0 Å². The van der Waals surface area contributed by atoms with Crippen LogP contribution in [0.4, 0.5) is 4.79 Å². The number of carbonyl (C=O) groups is 1. The third-order valence-electron chi connectivity index (χ3n) is 5.24. The van der Waals surface area contributed by atoms with Crippen molar-refractivity contribution < 1.29 is 9.53 Å². The molecular weight excluding hydrogens is 418 g/mol. The predicted octanol–water partition coefficient (Wildman–Crippen LogP) is 3.81. The van der Waals surface area contributed by atoms with E-state index in [2.05, 4.69) is 22.7 Å². The highest BCUT2D eigenvalue weighted by molar-refractivity contribution is 5.67. The normalized spacial score (nSPS) is 12.6. The van der Waals surface area contributed by atoms with Gasteiger partial charge in [-0.05, 0) is 64.8 Å². The molecule has 0 spiro atoms. The van der Waals surface area contributed by atoms with Crippen LogP contribution in [-0.4, -0.2) is 39.0 Å². The third-order valence-corrected chi connectivity index (χ3v) is 5.24. The second-order valence-electron chi connectivity index (χ2n) is 9.24. The van der Waals surface area contributed by atoms with Gasteiger partial charge in [0.1, 0.15) is 5.60 Å². The minimum Gasteiger partial charge on any atom is -0.444 e. The van der Waals surface area contributed by atoms with Crippen LogP contribution in [0.3, 0.4) is 0 Å². The zero-order valence-electron chi connectivity index (χ0n) is 20.2. The molecule has 0 saturated heterocycles. The molecular formula is C25H35N5O3. The number of ether oxygens (including phenoxy) is 1. The van der Waals surface area contributed by atoms with Crippen LogP contribution in [-0.2, 0) is 11.3 Å². The molecule has 2 heterocycles. The van der Waals surface area contributed by atoms with E-state index in [1.54, 1.807) is 4.57 Å². The van der Waals surface area contributed by atoms with Gasteiger partial charge in [0.05, 0.1) is 17.8 Å². The Bertz CT molecular complexity index is 1130. The maximum absolute atomic E-state index is 13.3. The lowest BCUT2D eigenvalue weighted by atomic mass is 10.1. The summed E-state index contributed by atoms with van der Waals surface area (Å²) in [7, 11) is 0. The van der Waals surface area contributed by atoms with E-state index in [0.29, 0.717) is 19.6 Å². The minimum atomic E-state index is -0.511. The summed E-state index contributed by atoms with van der Waals surface area (Å²) in [5.41, 5.74) is 2.93. The average molecular weight is 454 g/mol. The van der Waals surface area contributed by atoms with E-state index in [1.807, 2.05) is 70.2 Å². The minimum absolute atomic E-state index is 0.0110. The molecule has 0 saturated carbocycles. The fraction of sp³-hybridized carbons (Fsp3) is 0.480. The van der Waals surface area contributed by atoms with E-state index in [4.69, 9.17) is 4.74 Å². The van der Waals surface area contributed by atoms with Crippen LogP contribution in [0.25, 0.3) is 5.52 Å². The van der Waals surface area contributed by atoms with Gasteiger partial charge in [0, 0.05) is 18.3 Å². The summed E-state index contributed by atoms with van der Waals surface area (Å²) >= 11 is 0. The van der Waals surface area contributed by atoms with Gasteiger partial charge in [-0.2, -0.15) is 9.61 Å². The molecule has 1 aromatic carbocycles. The Hall–Kier alpha value is -3.13. The molecule has 33 heavy (non-hydrogen) atoms. The zero-order valence-corrected chi connectivity index (χ0v) is 20.2. The van der Waals surface area contributed by atoms with Crippen molar-refractivity contribution in [3.63, 3.8) is 0 Å². The fourth-order valence-corrected chi connectivity index (χ4v) is 3.77. The number of nitrogens with zero attached hydrogens (tertiary/aromatic N) is 3. The number of rotatable bonds is 9. The predicted molar refractivity (Wildman–Crippen MR) is 130 cm³/mol. The van der Waals surface area contributed by atoms with Crippen LogP contribution in [0.15, 0.2) is 47.3 Å². The smallest absolute Gasteiger partial charge is 0.407 e. The van der Waals surface area contributed by atoms with E-state index >= 15 is 0 Å². The second-order valence-corrected chi connectivity index (χ2v) is 9.24. The van der Waals surface area contributed by atoms with Crippen LogP contribution >= 0.6 is 0 Å². The molecule has 1 atom stereocenters. The van der Waals surface area contributed by atoms with Gasteiger partial charge < -0.3 is 15.4 Å². The number of benzene rings is 1. The monoisotopic (exact) mass is 453 g/mol. The molecule has 2 N–H and O–H groups in total. The van der Waals surface area contributed by atoms with Gasteiger partial charge >= 0.3 is 11.8 Å². The summed E-state index contributed by atoms with van der Waals surface area (Å²) < 4.78 is 8.54. The largest absolute Gasteiger partial charge is 0.444 e. The summed E-state index contributed by atoms with van der Waals surface area (Å²) in [5, 5.41) is 10.7. The number of hydrogen-bond donors (Lipinski definition) is 2. The molecule has 0 bridgehead atoms. The molecule has 3 aromatic rings. The highest BCUT2D eigenvalue weighted by Gasteiger charge is 2.19. The number of carbonyl (C=O) groups excluding carboxylic acids is 1. The molecule has 0 aliphatic heterocycles. The summed E-state index contributed by atoms with van der Waals surface area (Å²) in [6.07, 6.45) is 1.15. The van der Waals surface area contributed by atoms with E-state index in [9.17, 15) is 9.59 Å². The Kier molecular flexibility index (Phi) is 7.92. The summed E-state index contributed by atoms with van der Waals surface area (Å²) in [5.74, 6) is 0. The van der Waals surface area contributed by atoms with E-state index < -0.39 is 11.7 Å². The van der Waals surface area contributed by atoms with Crippen LogP contribution in [0.1, 0.15) is 63.5 Å². The molecule has 0 fully saturated rings. The van der Waals surface area contributed by atoms with Crippen molar-refractivity contribution in [3.8, 4) is 0 Å². The number of aryl methyl sites for hydroxylation is 1. The van der Waals surface area contributed by atoms with Crippen LogP contribution in [0.5, 0.6) is 0 Å². The van der Waals surface area contributed by atoms with Gasteiger partial charge in [-0.3, -0.25) is 4.57 Å². The van der Waals surface area contributed by atoms with Crippen molar-refractivity contribution >= 4 is 11.6 Å². The average Bonchev–Trinajstić information content (AvgIpc) is 3.13. The van der Waals surface area contributed by atoms with Gasteiger partial charge in [0.2, 0.25) is 0 Å². The molecule has 178 valence electrons. The molecule has 8 heteroatoms. The highest BCUT2D eigenvalue weighted by atomic mass is 16.6. The van der Waals surface area contributed by atoms with Crippen LogP contribution in [0, 0.1) is 6.92 Å². The Balaban J connectivity index is 1.75. The number of nitrogens with one attached hydrogen (secondary N) is 2. The Labute approximate surface area is 195 Å². The van der Waals surface area contributed by atoms with E-state index in [-0.39, 0.29) is 11.7 Å². The topological polar surface area (TPSA) is 89.7 Å². The highest BCUT2D eigenvalue weighted by Crippen LogP contribution is 2.19.